The second-order valence-corrected chi connectivity index (χ2v) is 2.46. The van der Waals surface area contributed by atoms with Gasteiger partial charge in [0.25, 0.3) is 5.91 Å². The molecule has 0 bridgehead atoms. The molecule has 8 heteroatoms. The predicted octanol–water partition coefficient (Wildman–Crippen LogP) is -6.16. The van der Waals surface area contributed by atoms with Crippen molar-refractivity contribution in [2.45, 2.75) is 12.2 Å². The molecule has 2 aliphatic heterocycles. The van der Waals surface area contributed by atoms with Gasteiger partial charge in [-0.2, -0.15) is 0 Å². The number of aliphatic imine (C=N–C) groups is 1. The van der Waals surface area contributed by atoms with Crippen LogP contribution in [0.15, 0.2) is 4.99 Å². The molecule has 1 saturated heterocycles. The molecule has 2 aliphatic rings. The van der Waals surface area contributed by atoms with Crippen molar-refractivity contribution in [3.05, 3.63) is 0 Å². The molecule has 7 nitrogen and oxygen atoms in total. The molecule has 3 N–H and O–H groups in total. The third-order valence-corrected chi connectivity index (χ3v) is 1.65. The number of urea groups is 1. The number of imide groups is 1. The first-order valence-electron chi connectivity index (χ1n) is 3.29. The minimum Gasteiger partial charge on any atom is -0.846 e. The first kappa shape index (κ1) is 10.3. The predicted molar refractivity (Wildman–Crippen MR) is 34.8 cm³/mol. The summed E-state index contributed by atoms with van der Waals surface area (Å²) >= 11 is 0. The topological polar surface area (TPSA) is 106 Å². The number of hydrogen-bond acceptors (Lipinski definition) is 5. The minimum absolute atomic E-state index is 0. The van der Waals surface area contributed by atoms with E-state index in [1.807, 2.05) is 5.32 Å². The molecule has 3 amide bonds. The van der Waals surface area contributed by atoms with Crippen molar-refractivity contribution < 1.29 is 44.3 Å². The molecule has 0 radical (unpaired) electrons. The zero-order chi connectivity index (χ0) is 8.72. The Hall–Kier alpha value is -0.790. The molecule has 0 saturated carbocycles. The standard InChI is InChI=1S/C5H6N4O3.Na/c10-3-1-2(7-4(11)6-1)8-5(12)9-3;/h1-2H,(H2,6,7,11)(H2,8,9,10,12);/q;+1/p-1. The number of nitrogens with zero attached hydrogens (tertiary/aromatic N) is 1. The van der Waals surface area contributed by atoms with E-state index in [1.165, 1.54) is 0 Å². The quantitative estimate of drug-likeness (QED) is 0.332. The third kappa shape index (κ3) is 1.77. The van der Waals surface area contributed by atoms with Gasteiger partial charge in [0.2, 0.25) is 0 Å². The van der Waals surface area contributed by atoms with Crippen molar-refractivity contribution in [2.75, 3.05) is 0 Å². The Kier molecular flexibility index (Phi) is 2.79. The Labute approximate surface area is 95.3 Å². The Balaban J connectivity index is 0.000000845. The van der Waals surface area contributed by atoms with Gasteiger partial charge in [0.15, 0.2) is 6.17 Å². The van der Waals surface area contributed by atoms with Gasteiger partial charge in [0, 0.05) is 0 Å². The van der Waals surface area contributed by atoms with Gasteiger partial charge in [-0.3, -0.25) is 15.1 Å². The fourth-order valence-corrected chi connectivity index (χ4v) is 1.13. The van der Waals surface area contributed by atoms with Gasteiger partial charge in [0.1, 0.15) is 6.04 Å². The SMILES string of the molecule is O=C1NC(=O)C2NC([O-])=NC2N1.[Na+]. The van der Waals surface area contributed by atoms with E-state index in [-0.39, 0.29) is 29.6 Å². The number of carbonyl (C=O) groups excluding carboxylic acids is 2. The maximum atomic E-state index is 11.0. The first-order valence-corrected chi connectivity index (χ1v) is 3.29. The molecule has 1 fully saturated rings. The van der Waals surface area contributed by atoms with E-state index in [9.17, 15) is 14.7 Å². The fraction of sp³-hybridized carbons (Fsp3) is 0.400. The number of amidine groups is 1. The normalized spacial score (nSPS) is 30.3. The van der Waals surface area contributed by atoms with Crippen LogP contribution in [0.4, 0.5) is 4.79 Å². The van der Waals surface area contributed by atoms with Crippen molar-refractivity contribution in [1.29, 1.82) is 0 Å². The van der Waals surface area contributed by atoms with Crippen LogP contribution in [0, 0.1) is 0 Å². The zero-order valence-corrected chi connectivity index (χ0v) is 8.83. The van der Waals surface area contributed by atoms with E-state index in [4.69, 9.17) is 0 Å². The Bertz CT molecular complexity index is 292. The Morgan fingerprint density at radius 1 is 1.31 bits per heavy atom. The van der Waals surface area contributed by atoms with Crippen molar-refractivity contribution in [3.63, 3.8) is 0 Å². The molecule has 2 unspecified atom stereocenters. The van der Waals surface area contributed by atoms with Crippen molar-refractivity contribution >= 4 is 18.0 Å². The van der Waals surface area contributed by atoms with Crippen LogP contribution in [-0.2, 0) is 4.79 Å². The van der Waals surface area contributed by atoms with Gasteiger partial charge >= 0.3 is 35.6 Å². The first-order chi connectivity index (χ1) is 5.66. The van der Waals surface area contributed by atoms with Crippen molar-refractivity contribution in [2.24, 2.45) is 4.99 Å². The fourth-order valence-electron chi connectivity index (χ4n) is 1.13. The Morgan fingerprint density at radius 2 is 2.00 bits per heavy atom. The molecule has 0 aromatic rings. The van der Waals surface area contributed by atoms with Crippen LogP contribution in [0.3, 0.4) is 0 Å². The summed E-state index contributed by atoms with van der Waals surface area (Å²) in [5.41, 5.74) is 0. The summed E-state index contributed by atoms with van der Waals surface area (Å²) in [6.07, 6.45) is -0.751. The Morgan fingerprint density at radius 3 is 2.69 bits per heavy atom. The zero-order valence-electron chi connectivity index (χ0n) is 6.83. The molecule has 2 rings (SSSR count). The molecule has 0 aromatic heterocycles. The summed E-state index contributed by atoms with van der Waals surface area (Å²) in [7, 11) is 0. The van der Waals surface area contributed by atoms with E-state index in [0.29, 0.717) is 0 Å². The average molecular weight is 192 g/mol. The monoisotopic (exact) mass is 192 g/mol. The molecule has 0 aromatic carbocycles. The molecule has 2 atom stereocenters. The second-order valence-electron chi connectivity index (χ2n) is 2.46. The number of hydrogen-bond donors (Lipinski definition) is 3. The summed E-state index contributed by atoms with van der Waals surface area (Å²) in [6, 6.07) is -1.96. The summed E-state index contributed by atoms with van der Waals surface area (Å²) in [5, 5.41) is 17.3. The van der Waals surface area contributed by atoms with Gasteiger partial charge in [-0.15, -0.1) is 0 Å². The summed E-state index contributed by atoms with van der Waals surface area (Å²) < 4.78 is 0. The number of rotatable bonds is 0. The van der Waals surface area contributed by atoms with Gasteiger partial charge in [-0.1, -0.05) is 0 Å². The van der Waals surface area contributed by atoms with Gasteiger partial charge in [0.05, 0.1) is 6.02 Å². The molecular formula is C5H5N4NaO3. The van der Waals surface area contributed by atoms with Crippen LogP contribution >= 0.6 is 0 Å². The number of fused-ring (bicyclic) bond motifs is 1. The minimum atomic E-state index is -0.754. The maximum absolute atomic E-state index is 11.0. The molecule has 0 spiro atoms. The summed E-state index contributed by atoms with van der Waals surface area (Å²) in [6.45, 7) is 0. The van der Waals surface area contributed by atoms with E-state index in [0.717, 1.165) is 0 Å². The van der Waals surface area contributed by atoms with Gasteiger partial charge < -0.3 is 15.7 Å². The average Bonchev–Trinajstić information content (AvgIpc) is 2.29. The second kappa shape index (κ2) is 3.52. The van der Waals surface area contributed by atoms with Gasteiger partial charge in [-0.05, 0) is 0 Å². The van der Waals surface area contributed by atoms with Crippen LogP contribution in [0.2, 0.25) is 0 Å². The summed E-state index contributed by atoms with van der Waals surface area (Å²) in [4.78, 5) is 25.1. The van der Waals surface area contributed by atoms with Crippen LogP contribution < -0.4 is 50.6 Å². The van der Waals surface area contributed by atoms with E-state index >= 15 is 0 Å². The van der Waals surface area contributed by atoms with E-state index in [1.54, 1.807) is 0 Å². The number of nitrogens with one attached hydrogen (secondary N) is 3. The molecule has 64 valence electrons. The molecule has 2 heterocycles. The maximum Gasteiger partial charge on any atom is 1.00 e. The smallest absolute Gasteiger partial charge is 0.846 e. The van der Waals surface area contributed by atoms with Crippen LogP contribution in [0.25, 0.3) is 0 Å². The number of amides is 3. The number of carbonyl (C=O) groups is 2. The summed E-state index contributed by atoms with van der Waals surface area (Å²) in [5.74, 6) is -0.529. The van der Waals surface area contributed by atoms with Crippen LogP contribution in [-0.4, -0.2) is 30.2 Å². The third-order valence-electron chi connectivity index (χ3n) is 1.65. The molecular weight excluding hydrogens is 187 g/mol. The van der Waals surface area contributed by atoms with E-state index in [2.05, 4.69) is 15.6 Å². The van der Waals surface area contributed by atoms with Gasteiger partial charge in [-0.25, -0.2) is 4.79 Å². The van der Waals surface area contributed by atoms with Crippen LogP contribution in [0.5, 0.6) is 0 Å². The van der Waals surface area contributed by atoms with Crippen molar-refractivity contribution in [1.82, 2.24) is 16.0 Å². The van der Waals surface area contributed by atoms with Crippen LogP contribution in [0.1, 0.15) is 0 Å². The largest absolute Gasteiger partial charge is 1.00 e. The van der Waals surface area contributed by atoms with E-state index < -0.39 is 30.2 Å². The molecule has 13 heavy (non-hydrogen) atoms. The van der Waals surface area contributed by atoms with Crippen molar-refractivity contribution in [3.8, 4) is 0 Å². The molecule has 0 aliphatic carbocycles.